The maximum atomic E-state index is 13.7. The molecule has 1 amide bonds. The molecule has 0 spiro atoms. The van der Waals surface area contributed by atoms with Crippen molar-refractivity contribution in [1.82, 2.24) is 0 Å². The van der Waals surface area contributed by atoms with Crippen molar-refractivity contribution in [2.45, 2.75) is 18.7 Å². The summed E-state index contributed by atoms with van der Waals surface area (Å²) in [6.07, 6.45) is 0. The number of fused-ring (bicyclic) bond motifs is 1. The molecule has 0 atom stereocenters. The summed E-state index contributed by atoms with van der Waals surface area (Å²) in [7, 11) is -4.66. The minimum Gasteiger partial charge on any atom is -0.461 e. The van der Waals surface area contributed by atoms with Gasteiger partial charge in [-0.1, -0.05) is 29.8 Å². The van der Waals surface area contributed by atoms with E-state index in [1.807, 2.05) is 0 Å². The number of amides is 1. The number of carbonyl (C=O) groups excluding carboxylic acids is 2. The number of sulfonamides is 1. The number of hydrogen-bond donors (Lipinski definition) is 0. The minimum absolute atomic E-state index is 0.0646. The fraction of sp³-hybridized carbons (Fsp3) is 0.0833. The lowest BCUT2D eigenvalue weighted by Crippen LogP contribution is -2.37. The van der Waals surface area contributed by atoms with E-state index in [4.69, 9.17) is 16.0 Å². The second-order valence-electron chi connectivity index (χ2n) is 7.58. The number of aryl methyl sites for hydroxylation is 1. The summed E-state index contributed by atoms with van der Waals surface area (Å²) in [5.41, 5.74) is -0.0433. The molecule has 11 heteroatoms. The normalized spacial score (nSPS) is 11.4. The van der Waals surface area contributed by atoms with E-state index in [1.54, 1.807) is 25.1 Å². The molecule has 178 valence electrons. The van der Waals surface area contributed by atoms with Crippen molar-refractivity contribution in [1.29, 1.82) is 0 Å². The number of anilines is 1. The highest BCUT2D eigenvalue weighted by molar-refractivity contribution is 7.93. The van der Waals surface area contributed by atoms with Crippen LogP contribution in [0.3, 0.4) is 0 Å². The number of furan rings is 1. The van der Waals surface area contributed by atoms with E-state index < -0.39 is 31.4 Å². The van der Waals surface area contributed by atoms with Crippen molar-refractivity contribution in [3.05, 3.63) is 98.8 Å². The molecule has 0 radical (unpaired) electrons. The van der Waals surface area contributed by atoms with Crippen LogP contribution in [0.4, 0.5) is 11.4 Å². The Balaban J connectivity index is 1.98. The first-order valence-electron chi connectivity index (χ1n) is 10.1. The highest BCUT2D eigenvalue weighted by Gasteiger charge is 2.34. The van der Waals surface area contributed by atoms with Crippen molar-refractivity contribution in [2.75, 3.05) is 4.31 Å². The van der Waals surface area contributed by atoms with E-state index in [0.717, 1.165) is 18.2 Å². The van der Waals surface area contributed by atoms with Crippen LogP contribution in [-0.2, 0) is 10.0 Å². The van der Waals surface area contributed by atoms with Gasteiger partial charge in [-0.15, -0.1) is 0 Å². The van der Waals surface area contributed by atoms with Crippen LogP contribution in [0, 0.1) is 17.0 Å². The van der Waals surface area contributed by atoms with Gasteiger partial charge >= 0.3 is 0 Å². The maximum absolute atomic E-state index is 13.7. The number of nitrogens with zero attached hydrogens (tertiary/aromatic N) is 2. The lowest BCUT2D eigenvalue weighted by atomic mass is 10.1. The zero-order chi connectivity index (χ0) is 25.5. The minimum atomic E-state index is -4.66. The van der Waals surface area contributed by atoms with Crippen molar-refractivity contribution >= 4 is 55.7 Å². The molecule has 0 aliphatic carbocycles. The van der Waals surface area contributed by atoms with Crippen molar-refractivity contribution in [3.8, 4) is 0 Å². The molecule has 1 heterocycles. The van der Waals surface area contributed by atoms with Crippen molar-refractivity contribution in [3.63, 3.8) is 0 Å². The molecule has 9 nitrogen and oxygen atoms in total. The fourth-order valence-corrected chi connectivity index (χ4v) is 5.35. The second-order valence-corrected chi connectivity index (χ2v) is 9.77. The number of nitro groups is 1. The number of ketones is 1. The van der Waals surface area contributed by atoms with Crippen molar-refractivity contribution < 1.29 is 27.3 Å². The molecule has 4 aromatic rings. The average molecular weight is 513 g/mol. The van der Waals surface area contributed by atoms with Gasteiger partial charge in [-0.2, -0.15) is 4.31 Å². The monoisotopic (exact) mass is 512 g/mol. The summed E-state index contributed by atoms with van der Waals surface area (Å²) < 4.78 is 33.6. The lowest BCUT2D eigenvalue weighted by molar-refractivity contribution is -0.384. The third kappa shape index (κ3) is 4.29. The number of rotatable bonds is 6. The summed E-state index contributed by atoms with van der Waals surface area (Å²) in [6.45, 7) is 2.95. The average Bonchev–Trinajstić information content (AvgIpc) is 3.14. The first-order chi connectivity index (χ1) is 16.5. The van der Waals surface area contributed by atoms with Gasteiger partial charge in [0.15, 0.2) is 5.78 Å². The molecule has 0 fully saturated rings. The zero-order valence-corrected chi connectivity index (χ0v) is 20.0. The molecule has 0 unspecified atom stereocenters. The first kappa shape index (κ1) is 24.1. The van der Waals surface area contributed by atoms with Gasteiger partial charge in [-0.25, -0.2) is 8.42 Å². The Morgan fingerprint density at radius 2 is 1.71 bits per heavy atom. The highest BCUT2D eigenvalue weighted by Crippen LogP contribution is 2.35. The highest BCUT2D eigenvalue weighted by atomic mass is 35.5. The number of carbonyl (C=O) groups is 2. The number of benzene rings is 3. The summed E-state index contributed by atoms with van der Waals surface area (Å²) >= 11 is 5.85. The molecule has 1 aromatic heterocycles. The topological polar surface area (TPSA) is 128 Å². The second kappa shape index (κ2) is 8.97. The van der Waals surface area contributed by atoms with Crippen LogP contribution >= 0.6 is 11.6 Å². The molecule has 35 heavy (non-hydrogen) atoms. The van der Waals surface area contributed by atoms with Crippen LogP contribution in [-0.4, -0.2) is 25.0 Å². The summed E-state index contributed by atoms with van der Waals surface area (Å²) in [5.74, 6) is -0.843. The van der Waals surface area contributed by atoms with Gasteiger partial charge in [0.2, 0.25) is 0 Å². The smallest absolute Gasteiger partial charge is 0.289 e. The SMILES string of the molecule is CC(=O)c1c(C)oc2ccc(N(C(=O)c3ccccc3)S(=O)(=O)c3ccc(Cl)c([N+](=O)[O-])c3)cc12. The molecule has 0 saturated carbocycles. The molecule has 4 rings (SSSR count). The van der Waals surface area contributed by atoms with Gasteiger partial charge in [-0.3, -0.25) is 19.7 Å². The quantitative estimate of drug-likeness (QED) is 0.188. The van der Waals surface area contributed by atoms with E-state index in [9.17, 15) is 28.1 Å². The van der Waals surface area contributed by atoms with Gasteiger partial charge in [-0.05, 0) is 56.3 Å². The van der Waals surface area contributed by atoms with E-state index in [1.165, 1.54) is 37.3 Å². The Bertz CT molecular complexity index is 1610. The first-order valence-corrected chi connectivity index (χ1v) is 12.0. The van der Waals surface area contributed by atoms with Crippen LogP contribution in [0.25, 0.3) is 11.0 Å². The molecular weight excluding hydrogens is 496 g/mol. The Kier molecular flexibility index (Phi) is 6.18. The predicted molar refractivity (Wildman–Crippen MR) is 129 cm³/mol. The number of hydrogen-bond acceptors (Lipinski definition) is 7. The van der Waals surface area contributed by atoms with E-state index in [2.05, 4.69) is 0 Å². The van der Waals surface area contributed by atoms with Crippen LogP contribution in [0.1, 0.15) is 33.4 Å². The van der Waals surface area contributed by atoms with Gasteiger partial charge < -0.3 is 4.42 Å². The van der Waals surface area contributed by atoms with Crippen LogP contribution < -0.4 is 4.31 Å². The Morgan fingerprint density at radius 1 is 1.03 bits per heavy atom. The van der Waals surface area contributed by atoms with Crippen LogP contribution in [0.15, 0.2) is 76.0 Å². The molecule has 0 saturated heterocycles. The Labute approximate surface area is 204 Å². The Hall–Kier alpha value is -4.02. The number of Topliss-reactive ketones (excluding diaryl/α,β-unsaturated/α-hetero) is 1. The van der Waals surface area contributed by atoms with Gasteiger partial charge in [0, 0.05) is 17.0 Å². The van der Waals surface area contributed by atoms with Gasteiger partial charge in [0.25, 0.3) is 21.6 Å². The van der Waals surface area contributed by atoms with Crippen molar-refractivity contribution in [2.24, 2.45) is 0 Å². The van der Waals surface area contributed by atoms with Gasteiger partial charge in [0.05, 0.1) is 21.1 Å². The van der Waals surface area contributed by atoms with E-state index >= 15 is 0 Å². The molecule has 0 aliphatic rings. The number of nitro benzene ring substituents is 1. The zero-order valence-electron chi connectivity index (χ0n) is 18.4. The van der Waals surface area contributed by atoms with E-state index in [0.29, 0.717) is 21.0 Å². The third-order valence-corrected chi connectivity index (χ3v) is 7.32. The Morgan fingerprint density at radius 3 is 2.34 bits per heavy atom. The lowest BCUT2D eigenvalue weighted by Gasteiger charge is -2.23. The maximum Gasteiger partial charge on any atom is 0.289 e. The summed E-state index contributed by atoms with van der Waals surface area (Å²) in [6, 6.07) is 14.8. The summed E-state index contributed by atoms with van der Waals surface area (Å²) in [5, 5.41) is 11.4. The molecule has 0 bridgehead atoms. The molecule has 0 aliphatic heterocycles. The third-order valence-electron chi connectivity index (χ3n) is 5.29. The summed E-state index contributed by atoms with van der Waals surface area (Å²) in [4.78, 5) is 35.7. The number of halogens is 1. The van der Waals surface area contributed by atoms with Crippen LogP contribution in [0.5, 0.6) is 0 Å². The van der Waals surface area contributed by atoms with Gasteiger partial charge in [0.1, 0.15) is 16.4 Å². The van der Waals surface area contributed by atoms with E-state index in [-0.39, 0.29) is 27.6 Å². The largest absolute Gasteiger partial charge is 0.461 e. The molecule has 3 aromatic carbocycles. The predicted octanol–water partition coefficient (Wildman–Crippen LogP) is 5.54. The standard InChI is InChI=1S/C24H17ClN2O7S/c1-14(28)23-15(2)34-22-11-8-17(12-19(22)23)26(24(29)16-6-4-3-5-7-16)35(32,33)18-9-10-20(25)21(13-18)27(30)31/h3-13H,1-2H3. The molecule has 0 N–H and O–H groups in total. The van der Waals surface area contributed by atoms with Crippen LogP contribution in [0.2, 0.25) is 5.02 Å². The molecular formula is C24H17ClN2O7S. The fourth-order valence-electron chi connectivity index (χ4n) is 3.73.